The summed E-state index contributed by atoms with van der Waals surface area (Å²) in [6.45, 7) is 0.324. The van der Waals surface area contributed by atoms with E-state index in [0.29, 0.717) is 34.5 Å². The van der Waals surface area contributed by atoms with Gasteiger partial charge < -0.3 is 19.8 Å². The molecule has 0 saturated carbocycles. The average Bonchev–Trinajstić information content (AvgIpc) is 2.99. The number of nitrogens with zero attached hydrogens (tertiary/aromatic N) is 1. The van der Waals surface area contributed by atoms with Gasteiger partial charge in [-0.15, -0.1) is 5.10 Å². The van der Waals surface area contributed by atoms with E-state index in [2.05, 4.69) is 21.2 Å². The van der Waals surface area contributed by atoms with Crippen molar-refractivity contribution >= 4 is 34.2 Å². The van der Waals surface area contributed by atoms with Crippen molar-refractivity contribution in [1.82, 2.24) is 10.7 Å². The molecule has 0 fully saturated rings. The maximum atomic E-state index is 13.2. The van der Waals surface area contributed by atoms with Gasteiger partial charge in [0.2, 0.25) is 5.55 Å². The van der Waals surface area contributed by atoms with Gasteiger partial charge in [-0.2, -0.15) is 0 Å². The van der Waals surface area contributed by atoms with Gasteiger partial charge in [0.1, 0.15) is 16.9 Å². The maximum Gasteiger partial charge on any atom is 0.273 e. The second-order valence-electron chi connectivity index (χ2n) is 8.63. The van der Waals surface area contributed by atoms with E-state index in [4.69, 9.17) is 9.15 Å². The van der Waals surface area contributed by atoms with Crippen LogP contribution in [0.2, 0.25) is 0 Å². The van der Waals surface area contributed by atoms with Gasteiger partial charge in [-0.3, -0.25) is 9.59 Å². The standard InChI is InChI=1S/C31H26N4O4/c1-38-24-17-16-22-18-26(29(36)32-20-21-10-4-2-5-11-21)31(39-28(22)19-24)35-34-30(37)25-14-8-9-15-27(25)33-23-12-6-3-7-13-23/h2-19,33H,20H2,1H3,(H,32,36)(H,34,37). The first kappa shape index (κ1) is 25.3. The number of fused-ring (bicyclic) bond motifs is 1. The van der Waals surface area contributed by atoms with Crippen LogP contribution in [0.3, 0.4) is 0 Å². The molecule has 0 bridgehead atoms. The molecule has 1 heterocycles. The minimum atomic E-state index is -0.467. The summed E-state index contributed by atoms with van der Waals surface area (Å²) in [4.78, 5) is 26.4. The van der Waals surface area contributed by atoms with E-state index in [1.807, 2.05) is 66.7 Å². The van der Waals surface area contributed by atoms with Gasteiger partial charge >= 0.3 is 0 Å². The number of methoxy groups -OCH3 is 1. The molecule has 5 aromatic rings. The third-order valence-electron chi connectivity index (χ3n) is 5.98. The van der Waals surface area contributed by atoms with Crippen LogP contribution < -0.4 is 26.4 Å². The van der Waals surface area contributed by atoms with E-state index >= 15 is 0 Å². The molecular weight excluding hydrogens is 492 g/mol. The number of ether oxygens (including phenoxy) is 1. The Bertz CT molecular complexity index is 1680. The van der Waals surface area contributed by atoms with E-state index in [1.54, 1.807) is 49.6 Å². The molecule has 1 aromatic heterocycles. The molecule has 5 rings (SSSR count). The lowest BCUT2D eigenvalue weighted by Gasteiger charge is -2.11. The molecule has 39 heavy (non-hydrogen) atoms. The van der Waals surface area contributed by atoms with Gasteiger partial charge in [0.25, 0.3) is 11.8 Å². The van der Waals surface area contributed by atoms with Crippen molar-refractivity contribution in [2.45, 2.75) is 6.54 Å². The molecule has 0 radical (unpaired) electrons. The highest BCUT2D eigenvalue weighted by atomic mass is 16.5. The molecule has 8 heteroatoms. The number of rotatable bonds is 8. The first-order valence-electron chi connectivity index (χ1n) is 12.3. The van der Waals surface area contributed by atoms with Crippen molar-refractivity contribution in [3.63, 3.8) is 0 Å². The van der Waals surface area contributed by atoms with Gasteiger partial charge in [0.05, 0.1) is 18.4 Å². The number of carbonyl (C=O) groups excluding carboxylic acids is 2. The Balaban J connectivity index is 1.46. The number of hydrogen-bond donors (Lipinski definition) is 3. The fourth-order valence-corrected chi connectivity index (χ4v) is 3.97. The third-order valence-corrected chi connectivity index (χ3v) is 5.98. The Morgan fingerprint density at radius 2 is 1.51 bits per heavy atom. The van der Waals surface area contributed by atoms with Gasteiger partial charge in [-0.05, 0) is 48.0 Å². The number of carbonyl (C=O) groups is 2. The molecule has 0 aliphatic carbocycles. The predicted octanol–water partition coefficient (Wildman–Crippen LogP) is 5.36. The Hall–Kier alpha value is -5.37. The Morgan fingerprint density at radius 1 is 0.795 bits per heavy atom. The zero-order chi connectivity index (χ0) is 27.0. The quantitative estimate of drug-likeness (QED) is 0.240. The summed E-state index contributed by atoms with van der Waals surface area (Å²) in [6, 6.07) is 33.1. The number of para-hydroxylation sites is 2. The number of benzene rings is 4. The van der Waals surface area contributed by atoms with Crippen LogP contribution in [0.4, 0.5) is 11.4 Å². The molecule has 0 aliphatic rings. The van der Waals surface area contributed by atoms with Gasteiger partial charge in [0, 0.05) is 23.7 Å². The number of amides is 2. The van der Waals surface area contributed by atoms with Gasteiger partial charge in [-0.1, -0.05) is 60.7 Å². The predicted molar refractivity (Wildman–Crippen MR) is 150 cm³/mol. The molecule has 0 spiro atoms. The van der Waals surface area contributed by atoms with E-state index in [9.17, 15) is 9.59 Å². The zero-order valence-electron chi connectivity index (χ0n) is 21.2. The number of hydrogen-bond acceptors (Lipinski definition) is 6. The summed E-state index contributed by atoms with van der Waals surface area (Å²) in [5.41, 5.74) is 5.91. The van der Waals surface area contributed by atoms with Crippen molar-refractivity contribution in [2.24, 2.45) is 5.10 Å². The van der Waals surface area contributed by atoms with Crippen molar-refractivity contribution in [2.75, 3.05) is 12.4 Å². The number of anilines is 2. The lowest BCUT2D eigenvalue weighted by Crippen LogP contribution is -2.30. The van der Waals surface area contributed by atoms with Crippen LogP contribution >= 0.6 is 0 Å². The van der Waals surface area contributed by atoms with E-state index in [-0.39, 0.29) is 17.0 Å². The summed E-state index contributed by atoms with van der Waals surface area (Å²) in [5, 5.41) is 11.0. The normalized spacial score (nSPS) is 11.2. The molecule has 194 valence electrons. The molecule has 3 N–H and O–H groups in total. The highest BCUT2D eigenvalue weighted by molar-refractivity contribution is 6.00. The van der Waals surface area contributed by atoms with Crippen LogP contribution in [0.15, 0.2) is 119 Å². The zero-order valence-corrected chi connectivity index (χ0v) is 21.2. The van der Waals surface area contributed by atoms with E-state index in [1.165, 1.54) is 0 Å². The highest BCUT2D eigenvalue weighted by Gasteiger charge is 2.15. The van der Waals surface area contributed by atoms with E-state index in [0.717, 1.165) is 11.3 Å². The van der Waals surface area contributed by atoms with Crippen LogP contribution in [0.1, 0.15) is 26.3 Å². The first-order chi connectivity index (χ1) is 19.1. The van der Waals surface area contributed by atoms with Gasteiger partial charge in [0.15, 0.2) is 0 Å². The summed E-state index contributed by atoms with van der Waals surface area (Å²) >= 11 is 0. The van der Waals surface area contributed by atoms with Crippen LogP contribution in [-0.2, 0) is 6.54 Å². The summed E-state index contributed by atoms with van der Waals surface area (Å²) in [5.74, 6) is -0.270. The van der Waals surface area contributed by atoms with Crippen molar-refractivity contribution in [1.29, 1.82) is 0 Å². The first-order valence-corrected chi connectivity index (χ1v) is 12.3. The van der Waals surface area contributed by atoms with Crippen molar-refractivity contribution in [3.8, 4) is 5.75 Å². The molecular formula is C31H26N4O4. The van der Waals surface area contributed by atoms with Crippen molar-refractivity contribution < 1.29 is 18.7 Å². The average molecular weight is 519 g/mol. The topological polar surface area (TPSA) is 105 Å². The lowest BCUT2D eigenvalue weighted by atomic mass is 10.1. The highest BCUT2D eigenvalue weighted by Crippen LogP contribution is 2.22. The maximum absolute atomic E-state index is 13.2. The fourth-order valence-electron chi connectivity index (χ4n) is 3.97. The van der Waals surface area contributed by atoms with Crippen LogP contribution in [0.5, 0.6) is 5.75 Å². The molecule has 0 saturated heterocycles. The molecule has 0 atom stereocenters. The smallest absolute Gasteiger partial charge is 0.273 e. The largest absolute Gasteiger partial charge is 0.497 e. The monoisotopic (exact) mass is 518 g/mol. The Labute approximate surface area is 225 Å². The molecule has 2 amide bonds. The Morgan fingerprint density at radius 3 is 2.28 bits per heavy atom. The van der Waals surface area contributed by atoms with Crippen molar-refractivity contribution in [3.05, 3.63) is 131 Å². The van der Waals surface area contributed by atoms with Crippen LogP contribution in [-0.4, -0.2) is 18.9 Å². The van der Waals surface area contributed by atoms with E-state index < -0.39 is 5.91 Å². The summed E-state index contributed by atoms with van der Waals surface area (Å²) in [6.07, 6.45) is 0. The second kappa shape index (κ2) is 11.8. The minimum absolute atomic E-state index is 0.0387. The van der Waals surface area contributed by atoms with Crippen LogP contribution in [0, 0.1) is 0 Å². The summed E-state index contributed by atoms with van der Waals surface area (Å²) < 4.78 is 11.3. The number of nitrogens with one attached hydrogen (secondary N) is 3. The third kappa shape index (κ3) is 6.14. The van der Waals surface area contributed by atoms with Gasteiger partial charge in [-0.25, -0.2) is 5.43 Å². The molecule has 8 nitrogen and oxygen atoms in total. The second-order valence-corrected chi connectivity index (χ2v) is 8.63. The minimum Gasteiger partial charge on any atom is -0.497 e. The lowest BCUT2D eigenvalue weighted by molar-refractivity contribution is 0.0933. The SMILES string of the molecule is COc1ccc2cc(C(=O)NCc3ccccc3)c(=NNC(=O)c3ccccc3Nc3ccccc3)oc2c1. The molecule has 0 unspecified atom stereocenters. The summed E-state index contributed by atoms with van der Waals surface area (Å²) in [7, 11) is 1.55. The van der Waals surface area contributed by atoms with Crippen LogP contribution in [0.25, 0.3) is 11.0 Å². The molecule has 0 aliphatic heterocycles. The molecule has 4 aromatic carbocycles. The Kier molecular flexibility index (Phi) is 7.64. The fraction of sp³-hybridized carbons (Fsp3) is 0.0645.